The van der Waals surface area contributed by atoms with Crippen molar-refractivity contribution in [3.63, 3.8) is 0 Å². The first-order chi connectivity index (χ1) is 11.3. The molecule has 132 valence electrons. The molecule has 0 saturated carbocycles. The van der Waals surface area contributed by atoms with E-state index >= 15 is 0 Å². The van der Waals surface area contributed by atoms with Crippen LogP contribution in [0.25, 0.3) is 0 Å². The van der Waals surface area contributed by atoms with Crippen LogP contribution >= 0.6 is 0 Å². The van der Waals surface area contributed by atoms with Gasteiger partial charge in [0.1, 0.15) is 11.9 Å². The molecule has 0 bridgehead atoms. The number of benzene rings is 1. The van der Waals surface area contributed by atoms with Crippen LogP contribution in [0.1, 0.15) is 38.7 Å². The SMILES string of the molecule is COC1CCCCN(CC(=O)NC(C)(C)c2ccccc2F)C1=O. The van der Waals surface area contributed by atoms with Gasteiger partial charge in [0.2, 0.25) is 5.91 Å². The molecular formula is C18H25FN2O3. The van der Waals surface area contributed by atoms with Crippen molar-refractivity contribution in [1.29, 1.82) is 0 Å². The normalized spacial score (nSPS) is 19.1. The summed E-state index contributed by atoms with van der Waals surface area (Å²) in [5, 5.41) is 2.82. The number of hydrogen-bond donors (Lipinski definition) is 1. The van der Waals surface area contributed by atoms with E-state index in [2.05, 4.69) is 5.32 Å². The van der Waals surface area contributed by atoms with Crippen LogP contribution in [-0.2, 0) is 19.9 Å². The van der Waals surface area contributed by atoms with Gasteiger partial charge in [-0.1, -0.05) is 18.2 Å². The maximum absolute atomic E-state index is 14.0. The van der Waals surface area contributed by atoms with Gasteiger partial charge in [-0.05, 0) is 39.2 Å². The maximum Gasteiger partial charge on any atom is 0.252 e. The summed E-state index contributed by atoms with van der Waals surface area (Å²) in [4.78, 5) is 26.3. The number of rotatable bonds is 5. The van der Waals surface area contributed by atoms with E-state index < -0.39 is 11.6 Å². The van der Waals surface area contributed by atoms with Crippen LogP contribution in [0.5, 0.6) is 0 Å². The van der Waals surface area contributed by atoms with Crippen LogP contribution in [0, 0.1) is 5.82 Å². The first-order valence-corrected chi connectivity index (χ1v) is 8.23. The molecule has 1 fully saturated rings. The molecule has 24 heavy (non-hydrogen) atoms. The second-order valence-electron chi connectivity index (χ2n) is 6.63. The van der Waals surface area contributed by atoms with Gasteiger partial charge in [0.15, 0.2) is 0 Å². The fourth-order valence-electron chi connectivity index (χ4n) is 3.04. The van der Waals surface area contributed by atoms with Crippen molar-refractivity contribution in [1.82, 2.24) is 10.2 Å². The third-order valence-corrected chi connectivity index (χ3v) is 4.35. The summed E-state index contributed by atoms with van der Waals surface area (Å²) in [5.74, 6) is -0.838. The van der Waals surface area contributed by atoms with Crippen molar-refractivity contribution >= 4 is 11.8 Å². The Bertz CT molecular complexity index is 604. The number of amides is 2. The quantitative estimate of drug-likeness (QED) is 0.897. The standard InChI is InChI=1S/C18H25FN2O3/c1-18(2,13-8-4-5-9-14(13)19)20-16(22)12-21-11-7-6-10-15(24-3)17(21)23/h4-5,8-9,15H,6-7,10-12H2,1-3H3,(H,20,22). The Kier molecular flexibility index (Phi) is 5.94. The fourth-order valence-corrected chi connectivity index (χ4v) is 3.04. The topological polar surface area (TPSA) is 58.6 Å². The van der Waals surface area contributed by atoms with E-state index in [1.807, 2.05) is 0 Å². The largest absolute Gasteiger partial charge is 0.372 e. The van der Waals surface area contributed by atoms with Crippen LogP contribution in [0.15, 0.2) is 24.3 Å². The number of carbonyl (C=O) groups is 2. The molecule has 1 saturated heterocycles. The summed E-state index contributed by atoms with van der Waals surface area (Å²) in [5.41, 5.74) is -0.451. The van der Waals surface area contributed by atoms with Gasteiger partial charge in [0.05, 0.1) is 12.1 Å². The summed E-state index contributed by atoms with van der Waals surface area (Å²) >= 11 is 0. The molecule has 2 rings (SSSR count). The summed E-state index contributed by atoms with van der Waals surface area (Å²) in [6.07, 6.45) is 1.92. The number of nitrogens with one attached hydrogen (secondary N) is 1. The van der Waals surface area contributed by atoms with Crippen LogP contribution < -0.4 is 5.32 Å². The van der Waals surface area contributed by atoms with Gasteiger partial charge in [-0.2, -0.15) is 0 Å². The summed E-state index contributed by atoms with van der Waals surface area (Å²) in [6, 6.07) is 6.35. The average Bonchev–Trinajstić information content (AvgIpc) is 2.69. The van der Waals surface area contributed by atoms with E-state index in [9.17, 15) is 14.0 Å². The van der Waals surface area contributed by atoms with Crippen LogP contribution in [0.4, 0.5) is 4.39 Å². The number of likely N-dealkylation sites (tertiary alicyclic amines) is 1. The molecule has 1 aromatic carbocycles. The molecule has 1 unspecified atom stereocenters. The number of carbonyl (C=O) groups excluding carboxylic acids is 2. The van der Waals surface area contributed by atoms with Crippen LogP contribution in [-0.4, -0.2) is 43.0 Å². The van der Waals surface area contributed by atoms with Crippen LogP contribution in [0.2, 0.25) is 0 Å². The summed E-state index contributed by atoms with van der Waals surface area (Å²) in [6.45, 7) is 3.97. The third-order valence-electron chi connectivity index (χ3n) is 4.35. The first-order valence-electron chi connectivity index (χ1n) is 8.23. The molecule has 6 heteroatoms. The van der Waals surface area contributed by atoms with Gasteiger partial charge in [0.25, 0.3) is 5.91 Å². The maximum atomic E-state index is 14.0. The van der Waals surface area contributed by atoms with E-state index in [-0.39, 0.29) is 24.2 Å². The van der Waals surface area contributed by atoms with E-state index in [1.54, 1.807) is 32.0 Å². The second-order valence-corrected chi connectivity index (χ2v) is 6.63. The van der Waals surface area contributed by atoms with Gasteiger partial charge < -0.3 is 15.0 Å². The van der Waals surface area contributed by atoms with Gasteiger partial charge in [-0.15, -0.1) is 0 Å². The molecule has 1 heterocycles. The van der Waals surface area contributed by atoms with E-state index in [0.717, 1.165) is 12.8 Å². The van der Waals surface area contributed by atoms with Gasteiger partial charge in [0, 0.05) is 19.2 Å². The molecule has 0 radical (unpaired) electrons. The number of nitrogens with zero attached hydrogens (tertiary/aromatic N) is 1. The number of methoxy groups -OCH3 is 1. The van der Waals surface area contributed by atoms with Gasteiger partial charge in [-0.3, -0.25) is 9.59 Å². The Hall–Kier alpha value is -1.95. The Balaban J connectivity index is 2.04. The smallest absolute Gasteiger partial charge is 0.252 e. The summed E-state index contributed by atoms with van der Waals surface area (Å²) < 4.78 is 19.2. The molecule has 1 aromatic rings. The highest BCUT2D eigenvalue weighted by Crippen LogP contribution is 2.23. The number of halogens is 1. The molecule has 5 nitrogen and oxygen atoms in total. The lowest BCUT2D eigenvalue weighted by Gasteiger charge is -2.29. The molecule has 0 aliphatic carbocycles. The molecule has 0 spiro atoms. The van der Waals surface area contributed by atoms with Crippen molar-refractivity contribution in [2.45, 2.75) is 44.8 Å². The molecule has 1 atom stereocenters. The molecule has 2 amide bonds. The Labute approximate surface area is 142 Å². The number of ether oxygens (including phenoxy) is 1. The molecule has 1 N–H and O–H groups in total. The second kappa shape index (κ2) is 7.75. The van der Waals surface area contributed by atoms with Crippen molar-refractivity contribution in [3.8, 4) is 0 Å². The molecule has 1 aliphatic heterocycles. The van der Waals surface area contributed by atoms with E-state index in [4.69, 9.17) is 4.74 Å². The highest BCUT2D eigenvalue weighted by Gasteiger charge is 2.30. The Morgan fingerprint density at radius 3 is 2.75 bits per heavy atom. The monoisotopic (exact) mass is 336 g/mol. The van der Waals surface area contributed by atoms with E-state index in [1.165, 1.54) is 18.1 Å². The van der Waals surface area contributed by atoms with Crippen molar-refractivity contribution in [3.05, 3.63) is 35.6 Å². The molecular weight excluding hydrogens is 311 g/mol. The zero-order chi connectivity index (χ0) is 17.7. The molecule has 0 aromatic heterocycles. The minimum atomic E-state index is -0.863. The molecule has 1 aliphatic rings. The first kappa shape index (κ1) is 18.4. The Morgan fingerprint density at radius 2 is 2.08 bits per heavy atom. The highest BCUT2D eigenvalue weighted by atomic mass is 19.1. The van der Waals surface area contributed by atoms with Crippen molar-refractivity contribution < 1.29 is 18.7 Å². The third kappa shape index (κ3) is 4.32. The fraction of sp³-hybridized carbons (Fsp3) is 0.556. The van der Waals surface area contributed by atoms with E-state index in [0.29, 0.717) is 18.5 Å². The lowest BCUT2D eigenvalue weighted by molar-refractivity contribution is -0.144. The average molecular weight is 336 g/mol. The van der Waals surface area contributed by atoms with Crippen molar-refractivity contribution in [2.75, 3.05) is 20.2 Å². The lowest BCUT2D eigenvalue weighted by atomic mass is 9.93. The summed E-state index contributed by atoms with van der Waals surface area (Å²) in [7, 11) is 1.51. The number of hydrogen-bond acceptors (Lipinski definition) is 3. The zero-order valence-corrected chi connectivity index (χ0v) is 14.5. The van der Waals surface area contributed by atoms with Gasteiger partial charge >= 0.3 is 0 Å². The van der Waals surface area contributed by atoms with Gasteiger partial charge in [-0.25, -0.2) is 4.39 Å². The predicted octanol–water partition coefficient (Wildman–Crippen LogP) is 2.20. The predicted molar refractivity (Wildman–Crippen MR) is 88.8 cm³/mol. The van der Waals surface area contributed by atoms with Crippen molar-refractivity contribution in [2.24, 2.45) is 0 Å². The minimum Gasteiger partial charge on any atom is -0.372 e. The Morgan fingerprint density at radius 1 is 1.38 bits per heavy atom. The lowest BCUT2D eigenvalue weighted by Crippen LogP contribution is -2.49. The zero-order valence-electron chi connectivity index (χ0n) is 14.5. The minimum absolute atomic E-state index is 0.0451. The van der Waals surface area contributed by atoms with Crippen LogP contribution in [0.3, 0.4) is 0 Å². The highest BCUT2D eigenvalue weighted by molar-refractivity contribution is 5.87.